The van der Waals surface area contributed by atoms with Crippen molar-refractivity contribution in [2.24, 2.45) is 0 Å². The van der Waals surface area contributed by atoms with E-state index >= 15 is 0 Å². The highest BCUT2D eigenvalue weighted by Gasteiger charge is 2.27. The molecule has 0 radical (unpaired) electrons. The van der Waals surface area contributed by atoms with E-state index in [4.69, 9.17) is 10.2 Å². The molecule has 4 rings (SSSR count). The Bertz CT molecular complexity index is 788. The number of benzene rings is 1. The van der Waals surface area contributed by atoms with E-state index < -0.39 is 0 Å². The zero-order chi connectivity index (χ0) is 17.1. The van der Waals surface area contributed by atoms with Gasteiger partial charge in [0.2, 0.25) is 0 Å². The average molecular weight is 320 g/mol. The van der Waals surface area contributed by atoms with Gasteiger partial charge in [0.1, 0.15) is 5.82 Å². The second-order valence-corrected chi connectivity index (χ2v) is 6.12. The van der Waals surface area contributed by atoms with Gasteiger partial charge in [-0.15, -0.1) is 0 Å². The van der Waals surface area contributed by atoms with Gasteiger partial charge in [0.15, 0.2) is 0 Å². The lowest BCUT2D eigenvalue weighted by atomic mass is 9.88. The molecule has 124 valence electrons. The number of nitriles is 1. The molecule has 0 spiro atoms. The second-order valence-electron chi connectivity index (χ2n) is 6.12. The number of fused-ring (bicyclic) bond motifs is 3. The molecule has 2 aliphatic rings. The van der Waals surface area contributed by atoms with Gasteiger partial charge >= 0.3 is 0 Å². The van der Waals surface area contributed by atoms with Gasteiger partial charge in [-0.05, 0) is 31.0 Å². The van der Waals surface area contributed by atoms with E-state index in [0.717, 1.165) is 28.6 Å². The summed E-state index contributed by atoms with van der Waals surface area (Å²) >= 11 is 0. The molecule has 0 amide bonds. The Kier molecular flexibility index (Phi) is 4.71. The van der Waals surface area contributed by atoms with Crippen molar-refractivity contribution in [3.63, 3.8) is 0 Å². The zero-order valence-corrected chi connectivity index (χ0v) is 14.5. The first kappa shape index (κ1) is 16.3. The van der Waals surface area contributed by atoms with Crippen LogP contribution >= 0.6 is 0 Å². The van der Waals surface area contributed by atoms with Crippen LogP contribution < -0.4 is 5.32 Å². The minimum Gasteiger partial charge on any atom is -0.353 e. The Balaban J connectivity index is 0.000000815. The number of nitrogens with zero attached hydrogens (tertiary/aromatic N) is 3. The molecule has 0 unspecified atom stereocenters. The fraction of sp³-hybridized carbons (Fsp3) is 0.400. The number of nitrogens with one attached hydrogen (secondary N) is 1. The van der Waals surface area contributed by atoms with Crippen LogP contribution in [-0.4, -0.2) is 9.55 Å². The summed E-state index contributed by atoms with van der Waals surface area (Å²) in [6.07, 6.45) is 8.24. The highest BCUT2D eigenvalue weighted by atomic mass is 15.2. The summed E-state index contributed by atoms with van der Waals surface area (Å²) in [6.45, 7) is 8.11. The summed E-state index contributed by atoms with van der Waals surface area (Å²) < 4.78 is 2.23. The Morgan fingerprint density at radius 3 is 2.71 bits per heavy atom. The molecule has 0 saturated heterocycles. The Labute approximate surface area is 143 Å². The van der Waals surface area contributed by atoms with E-state index in [1.165, 1.54) is 32.1 Å². The molecular formula is C20H24N4. The smallest absolute Gasteiger partial charge is 0.116 e. The Morgan fingerprint density at radius 1 is 1.25 bits per heavy atom. The van der Waals surface area contributed by atoms with Crippen molar-refractivity contribution in [2.45, 2.75) is 51.9 Å². The molecule has 1 aromatic carbocycles. The average Bonchev–Trinajstić information content (AvgIpc) is 3.09. The van der Waals surface area contributed by atoms with Gasteiger partial charge in [-0.3, -0.25) is 4.57 Å². The number of rotatable bonds is 1. The van der Waals surface area contributed by atoms with Crippen LogP contribution in [0.2, 0.25) is 0 Å². The summed E-state index contributed by atoms with van der Waals surface area (Å²) in [5, 5.41) is 12.4. The van der Waals surface area contributed by atoms with Gasteiger partial charge in [-0.1, -0.05) is 39.7 Å². The summed E-state index contributed by atoms with van der Waals surface area (Å²) in [5.74, 6) is 1.67. The number of anilines is 1. The molecule has 1 aliphatic carbocycles. The lowest BCUT2D eigenvalue weighted by Gasteiger charge is -2.27. The zero-order valence-electron chi connectivity index (χ0n) is 14.5. The molecule has 0 bridgehead atoms. The number of hydrogen-bond donors (Lipinski definition) is 1. The lowest BCUT2D eigenvalue weighted by Crippen LogP contribution is -2.18. The van der Waals surface area contributed by atoms with Crippen LogP contribution in [0, 0.1) is 11.3 Å². The minimum atomic E-state index is 0.525. The maximum absolute atomic E-state index is 9.10. The van der Waals surface area contributed by atoms with Crippen LogP contribution in [0.5, 0.6) is 0 Å². The van der Waals surface area contributed by atoms with Gasteiger partial charge in [-0.25, -0.2) is 4.98 Å². The van der Waals surface area contributed by atoms with E-state index in [1.54, 1.807) is 0 Å². The van der Waals surface area contributed by atoms with E-state index in [1.807, 2.05) is 38.2 Å². The molecule has 1 aliphatic heterocycles. The predicted octanol–water partition coefficient (Wildman–Crippen LogP) is 5.21. The summed E-state index contributed by atoms with van der Waals surface area (Å²) in [6, 6.07) is 7.95. The third kappa shape index (κ3) is 2.71. The summed E-state index contributed by atoms with van der Waals surface area (Å²) in [7, 11) is 0. The maximum Gasteiger partial charge on any atom is 0.116 e. The normalized spacial score (nSPS) is 16.1. The number of imidazole rings is 1. The molecule has 0 atom stereocenters. The first-order chi connectivity index (χ1) is 11.8. The van der Waals surface area contributed by atoms with Crippen LogP contribution in [0.1, 0.15) is 69.0 Å². The highest BCUT2D eigenvalue weighted by Crippen LogP contribution is 2.39. The van der Waals surface area contributed by atoms with Crippen molar-refractivity contribution in [1.82, 2.24) is 9.55 Å². The Hall–Kier alpha value is -2.54. The molecule has 1 fully saturated rings. The van der Waals surface area contributed by atoms with Gasteiger partial charge in [-0.2, -0.15) is 5.26 Å². The van der Waals surface area contributed by atoms with Crippen molar-refractivity contribution < 1.29 is 0 Å². The molecule has 4 nitrogen and oxygen atoms in total. The van der Waals surface area contributed by atoms with E-state index in [-0.39, 0.29) is 0 Å². The van der Waals surface area contributed by atoms with Crippen molar-refractivity contribution >= 4 is 11.4 Å². The van der Waals surface area contributed by atoms with Gasteiger partial charge in [0.25, 0.3) is 0 Å². The molecule has 1 saturated carbocycles. The largest absolute Gasteiger partial charge is 0.353 e. The van der Waals surface area contributed by atoms with Crippen molar-refractivity contribution in [3.05, 3.63) is 48.1 Å². The summed E-state index contributed by atoms with van der Waals surface area (Å²) in [4.78, 5) is 4.71. The van der Waals surface area contributed by atoms with Crippen LogP contribution in [-0.2, 0) is 0 Å². The molecule has 4 heteroatoms. The summed E-state index contributed by atoms with van der Waals surface area (Å²) in [5.41, 5.74) is 4.53. The molecule has 1 N–H and O–H groups in total. The number of aromatic nitrogens is 2. The molecule has 24 heavy (non-hydrogen) atoms. The maximum atomic E-state index is 9.10. The third-order valence-corrected chi connectivity index (χ3v) is 4.72. The monoisotopic (exact) mass is 320 g/mol. The van der Waals surface area contributed by atoms with Crippen molar-refractivity contribution in [2.75, 3.05) is 5.32 Å². The van der Waals surface area contributed by atoms with Gasteiger partial charge in [0.05, 0.1) is 40.6 Å². The quantitative estimate of drug-likeness (QED) is 0.784. The van der Waals surface area contributed by atoms with Crippen LogP contribution in [0.15, 0.2) is 31.0 Å². The second kappa shape index (κ2) is 6.92. The fourth-order valence-corrected chi connectivity index (χ4v) is 3.61. The van der Waals surface area contributed by atoms with Gasteiger partial charge in [0, 0.05) is 5.92 Å². The van der Waals surface area contributed by atoms with Crippen molar-refractivity contribution in [3.8, 4) is 11.8 Å². The van der Waals surface area contributed by atoms with Crippen LogP contribution in [0.25, 0.3) is 11.4 Å². The lowest BCUT2D eigenvalue weighted by molar-refractivity contribution is 0.425. The molecule has 2 heterocycles. The molecule has 1 aromatic heterocycles. The van der Waals surface area contributed by atoms with E-state index in [0.29, 0.717) is 11.5 Å². The molecule has 2 aromatic rings. The first-order valence-electron chi connectivity index (χ1n) is 8.86. The highest BCUT2D eigenvalue weighted by molar-refractivity contribution is 5.84. The predicted molar refractivity (Wildman–Crippen MR) is 98.1 cm³/mol. The molecular weight excluding hydrogens is 296 g/mol. The SMILES string of the molecule is C=C1Nc2cc(C#N)ccc2-n2c1cnc2C1CCCCC1.CC. The Morgan fingerprint density at radius 2 is 2.00 bits per heavy atom. The van der Waals surface area contributed by atoms with Crippen LogP contribution in [0.4, 0.5) is 5.69 Å². The van der Waals surface area contributed by atoms with Crippen molar-refractivity contribution in [1.29, 1.82) is 5.26 Å². The van der Waals surface area contributed by atoms with Crippen LogP contribution in [0.3, 0.4) is 0 Å². The fourth-order valence-electron chi connectivity index (χ4n) is 3.61. The van der Waals surface area contributed by atoms with E-state index in [9.17, 15) is 0 Å². The first-order valence-corrected chi connectivity index (χ1v) is 8.86. The van der Waals surface area contributed by atoms with E-state index in [2.05, 4.69) is 22.5 Å². The topological polar surface area (TPSA) is 53.6 Å². The third-order valence-electron chi connectivity index (χ3n) is 4.72. The minimum absolute atomic E-state index is 0.525. The van der Waals surface area contributed by atoms with Gasteiger partial charge < -0.3 is 5.32 Å². The number of hydrogen-bond acceptors (Lipinski definition) is 3. The standard InChI is InChI=1S/C18H18N4.C2H6/c1-12-17-11-20-18(14-5-3-2-4-6-14)22(17)16-8-7-13(10-19)9-15(16)21-12;1-2/h7-9,11,14,21H,1-6H2;1-2H3.